The Kier molecular flexibility index (Phi) is 6.44. The standard InChI is InChI=1S/C26H37N7O/c1-26(2,3)20-8-6-19(7-9-20)21(17-31-10-4-5-11-31)32-12-14-33(15-13-32)25-23-24(28-18-29-25)27-16-22(34)30-23/h6-9,18,21H,4-5,10-17H2,1-3H3,(H,30,34)(H,27,28,29). The van der Waals surface area contributed by atoms with Gasteiger partial charge in [-0.25, -0.2) is 9.97 Å². The summed E-state index contributed by atoms with van der Waals surface area (Å²) in [6.07, 6.45) is 4.20. The van der Waals surface area contributed by atoms with E-state index in [0.717, 1.165) is 38.5 Å². The van der Waals surface area contributed by atoms with Crippen molar-refractivity contribution in [2.24, 2.45) is 0 Å². The molecule has 1 unspecified atom stereocenters. The number of anilines is 3. The van der Waals surface area contributed by atoms with Crippen LogP contribution in [0.1, 0.15) is 50.8 Å². The quantitative estimate of drug-likeness (QED) is 0.706. The Morgan fingerprint density at radius 3 is 2.35 bits per heavy atom. The summed E-state index contributed by atoms with van der Waals surface area (Å²) >= 11 is 0. The van der Waals surface area contributed by atoms with Crippen molar-refractivity contribution in [3.63, 3.8) is 0 Å². The number of nitrogens with one attached hydrogen (secondary N) is 2. The fraction of sp³-hybridized carbons (Fsp3) is 0.577. The Hall–Kier alpha value is -2.71. The lowest BCUT2D eigenvalue weighted by atomic mass is 9.86. The van der Waals surface area contributed by atoms with Gasteiger partial charge in [0.05, 0.1) is 6.54 Å². The summed E-state index contributed by atoms with van der Waals surface area (Å²) in [6, 6.07) is 9.69. The Bertz CT molecular complexity index is 1000. The molecular weight excluding hydrogens is 426 g/mol. The summed E-state index contributed by atoms with van der Waals surface area (Å²) in [5.41, 5.74) is 3.66. The number of fused-ring (bicyclic) bond motifs is 1. The zero-order valence-corrected chi connectivity index (χ0v) is 20.7. The van der Waals surface area contributed by atoms with Gasteiger partial charge in [0, 0.05) is 38.8 Å². The number of rotatable bonds is 5. The molecule has 0 spiro atoms. The molecule has 2 fully saturated rings. The van der Waals surface area contributed by atoms with Gasteiger partial charge in [-0.05, 0) is 42.5 Å². The van der Waals surface area contributed by atoms with Gasteiger partial charge in [-0.2, -0.15) is 0 Å². The van der Waals surface area contributed by atoms with Crippen molar-refractivity contribution in [1.82, 2.24) is 19.8 Å². The highest BCUT2D eigenvalue weighted by Crippen LogP contribution is 2.33. The van der Waals surface area contributed by atoms with Crippen LogP contribution in [-0.2, 0) is 10.2 Å². The second-order valence-electron chi connectivity index (χ2n) is 10.7. The lowest BCUT2D eigenvalue weighted by Crippen LogP contribution is -2.50. The van der Waals surface area contributed by atoms with E-state index in [-0.39, 0.29) is 17.9 Å². The lowest BCUT2D eigenvalue weighted by molar-refractivity contribution is -0.114. The van der Waals surface area contributed by atoms with Gasteiger partial charge < -0.3 is 20.4 Å². The minimum Gasteiger partial charge on any atom is -0.359 e. The average Bonchev–Trinajstić information content (AvgIpc) is 3.35. The molecule has 8 heteroatoms. The maximum absolute atomic E-state index is 11.9. The van der Waals surface area contributed by atoms with Gasteiger partial charge in [0.1, 0.15) is 12.0 Å². The number of piperazine rings is 1. The summed E-state index contributed by atoms with van der Waals surface area (Å²) in [5, 5.41) is 6.05. The third-order valence-corrected chi connectivity index (χ3v) is 7.35. The molecule has 0 aliphatic carbocycles. The maximum Gasteiger partial charge on any atom is 0.243 e. The van der Waals surface area contributed by atoms with Gasteiger partial charge in [0.25, 0.3) is 0 Å². The number of hydrogen-bond donors (Lipinski definition) is 2. The fourth-order valence-electron chi connectivity index (χ4n) is 5.30. The zero-order chi connectivity index (χ0) is 23.7. The lowest BCUT2D eigenvalue weighted by Gasteiger charge is -2.41. The molecule has 1 aromatic heterocycles. The molecule has 1 atom stereocenters. The molecule has 0 bridgehead atoms. The maximum atomic E-state index is 11.9. The van der Waals surface area contributed by atoms with E-state index in [1.807, 2.05) is 0 Å². The van der Waals surface area contributed by atoms with Gasteiger partial charge in [-0.15, -0.1) is 0 Å². The van der Waals surface area contributed by atoms with E-state index in [9.17, 15) is 4.79 Å². The number of amides is 1. The predicted octanol–water partition coefficient (Wildman–Crippen LogP) is 3.10. The van der Waals surface area contributed by atoms with Gasteiger partial charge in [-0.3, -0.25) is 9.69 Å². The van der Waals surface area contributed by atoms with Crippen LogP contribution < -0.4 is 15.5 Å². The summed E-state index contributed by atoms with van der Waals surface area (Å²) in [6.45, 7) is 14.2. The highest BCUT2D eigenvalue weighted by molar-refractivity contribution is 6.02. The number of nitrogens with zero attached hydrogens (tertiary/aromatic N) is 5. The molecule has 0 radical (unpaired) electrons. The Labute approximate surface area is 202 Å². The number of hydrogen-bond acceptors (Lipinski definition) is 7. The third kappa shape index (κ3) is 4.88. The van der Waals surface area contributed by atoms with Gasteiger partial charge in [0.15, 0.2) is 11.6 Å². The normalized spacial score (nSPS) is 20.6. The molecule has 34 heavy (non-hydrogen) atoms. The van der Waals surface area contributed by atoms with Crippen LogP contribution in [0.25, 0.3) is 0 Å². The molecule has 4 heterocycles. The van der Waals surface area contributed by atoms with Gasteiger partial charge in [0.2, 0.25) is 5.91 Å². The molecule has 1 aromatic carbocycles. The summed E-state index contributed by atoms with van der Waals surface area (Å²) < 4.78 is 0. The number of likely N-dealkylation sites (tertiary alicyclic amines) is 1. The fourth-order valence-corrected chi connectivity index (χ4v) is 5.30. The Morgan fingerprint density at radius 2 is 1.68 bits per heavy atom. The summed E-state index contributed by atoms with van der Waals surface area (Å²) in [7, 11) is 0. The SMILES string of the molecule is CC(C)(C)c1ccc(C(CN2CCCC2)N2CCN(c3ncnc4c3NC(=O)CN4)CC2)cc1. The molecule has 2 N–H and O–H groups in total. The minimum absolute atomic E-state index is 0.0495. The minimum atomic E-state index is -0.0495. The first kappa shape index (κ1) is 23.1. The van der Waals surface area contributed by atoms with E-state index < -0.39 is 0 Å². The Balaban J connectivity index is 1.32. The van der Waals surface area contributed by atoms with E-state index >= 15 is 0 Å². The van der Waals surface area contributed by atoms with Crippen LogP contribution in [-0.4, -0.2) is 78.0 Å². The highest BCUT2D eigenvalue weighted by Gasteiger charge is 2.30. The van der Waals surface area contributed by atoms with Crippen molar-refractivity contribution in [3.05, 3.63) is 41.7 Å². The van der Waals surface area contributed by atoms with Crippen molar-refractivity contribution in [3.8, 4) is 0 Å². The van der Waals surface area contributed by atoms with Crippen molar-refractivity contribution in [2.75, 3.05) is 67.9 Å². The second kappa shape index (κ2) is 9.50. The van der Waals surface area contributed by atoms with E-state index in [4.69, 9.17) is 0 Å². The van der Waals surface area contributed by atoms with E-state index in [2.05, 4.69) is 80.3 Å². The molecule has 2 saturated heterocycles. The van der Waals surface area contributed by atoms with Crippen molar-refractivity contribution in [1.29, 1.82) is 0 Å². The smallest absolute Gasteiger partial charge is 0.243 e. The molecule has 0 saturated carbocycles. The van der Waals surface area contributed by atoms with E-state index in [1.165, 1.54) is 37.1 Å². The number of carbonyl (C=O) groups is 1. The molecular formula is C26H37N7O. The molecule has 2 aromatic rings. The van der Waals surface area contributed by atoms with Crippen molar-refractivity contribution >= 4 is 23.2 Å². The topological polar surface area (TPSA) is 76.6 Å². The average molecular weight is 464 g/mol. The van der Waals surface area contributed by atoms with Crippen LogP contribution in [0.3, 0.4) is 0 Å². The largest absolute Gasteiger partial charge is 0.359 e. The first-order chi connectivity index (χ1) is 16.4. The third-order valence-electron chi connectivity index (χ3n) is 7.35. The van der Waals surface area contributed by atoms with Crippen LogP contribution >= 0.6 is 0 Å². The number of aromatic nitrogens is 2. The molecule has 5 rings (SSSR count). The first-order valence-electron chi connectivity index (χ1n) is 12.6. The second-order valence-corrected chi connectivity index (χ2v) is 10.7. The van der Waals surface area contributed by atoms with Crippen LogP contribution in [0.4, 0.5) is 17.3 Å². The number of carbonyl (C=O) groups excluding carboxylic acids is 1. The molecule has 3 aliphatic heterocycles. The molecule has 1 amide bonds. The summed E-state index contributed by atoms with van der Waals surface area (Å²) in [4.78, 5) is 28.3. The highest BCUT2D eigenvalue weighted by atomic mass is 16.2. The van der Waals surface area contributed by atoms with Gasteiger partial charge >= 0.3 is 0 Å². The van der Waals surface area contributed by atoms with E-state index in [0.29, 0.717) is 17.5 Å². The van der Waals surface area contributed by atoms with Crippen LogP contribution in [0.15, 0.2) is 30.6 Å². The molecule has 182 valence electrons. The number of benzene rings is 1. The Morgan fingerprint density at radius 1 is 0.971 bits per heavy atom. The van der Waals surface area contributed by atoms with Crippen molar-refractivity contribution in [2.45, 2.75) is 45.1 Å². The van der Waals surface area contributed by atoms with Gasteiger partial charge in [-0.1, -0.05) is 45.0 Å². The first-order valence-corrected chi connectivity index (χ1v) is 12.6. The monoisotopic (exact) mass is 463 g/mol. The van der Waals surface area contributed by atoms with Crippen LogP contribution in [0.2, 0.25) is 0 Å². The molecule has 3 aliphatic rings. The van der Waals surface area contributed by atoms with Crippen LogP contribution in [0, 0.1) is 0 Å². The van der Waals surface area contributed by atoms with Crippen molar-refractivity contribution < 1.29 is 4.79 Å². The molecule has 8 nitrogen and oxygen atoms in total. The zero-order valence-electron chi connectivity index (χ0n) is 20.7. The summed E-state index contributed by atoms with van der Waals surface area (Å²) in [5.74, 6) is 1.47. The van der Waals surface area contributed by atoms with Crippen LogP contribution in [0.5, 0.6) is 0 Å². The van der Waals surface area contributed by atoms with E-state index in [1.54, 1.807) is 6.33 Å². The predicted molar refractivity (Wildman–Crippen MR) is 136 cm³/mol.